The van der Waals surface area contributed by atoms with Crippen LogP contribution >= 0.6 is 0 Å². The minimum atomic E-state index is -0.0979. The fourth-order valence-corrected chi connectivity index (χ4v) is 2.61. The molecule has 0 spiro atoms. The van der Waals surface area contributed by atoms with Gasteiger partial charge in [0.25, 0.3) is 0 Å². The van der Waals surface area contributed by atoms with E-state index in [9.17, 15) is 9.59 Å². The van der Waals surface area contributed by atoms with E-state index in [2.05, 4.69) is 22.8 Å². The van der Waals surface area contributed by atoms with Crippen LogP contribution in [-0.2, 0) is 9.59 Å². The number of anilines is 1. The monoisotopic (exact) mass is 319 g/mol. The smallest absolute Gasteiger partial charge is 0.238 e. The SMILES string of the molecule is CCN(CC(=O)Nc1c(C)cc(C)cc1C)CC(=O)NC(C)C. The van der Waals surface area contributed by atoms with Crippen molar-refractivity contribution in [3.05, 3.63) is 28.8 Å². The summed E-state index contributed by atoms with van der Waals surface area (Å²) >= 11 is 0. The Morgan fingerprint density at radius 2 is 1.57 bits per heavy atom. The van der Waals surface area contributed by atoms with Gasteiger partial charge in [-0.1, -0.05) is 24.6 Å². The molecule has 0 saturated heterocycles. The van der Waals surface area contributed by atoms with Crippen molar-refractivity contribution in [3.63, 3.8) is 0 Å². The van der Waals surface area contributed by atoms with Gasteiger partial charge in [-0.3, -0.25) is 14.5 Å². The van der Waals surface area contributed by atoms with Crippen molar-refractivity contribution >= 4 is 17.5 Å². The molecule has 0 aliphatic carbocycles. The molecule has 5 nitrogen and oxygen atoms in total. The molecule has 0 heterocycles. The fourth-order valence-electron chi connectivity index (χ4n) is 2.61. The zero-order chi connectivity index (χ0) is 17.6. The molecule has 1 aromatic carbocycles. The van der Waals surface area contributed by atoms with Crippen LogP contribution in [0.15, 0.2) is 12.1 Å². The summed E-state index contributed by atoms with van der Waals surface area (Å²) < 4.78 is 0. The van der Waals surface area contributed by atoms with E-state index in [0.717, 1.165) is 16.8 Å². The lowest BCUT2D eigenvalue weighted by Gasteiger charge is -2.21. The highest BCUT2D eigenvalue weighted by atomic mass is 16.2. The first-order valence-electron chi connectivity index (χ1n) is 8.12. The average Bonchev–Trinajstić information content (AvgIpc) is 2.41. The summed E-state index contributed by atoms with van der Waals surface area (Å²) in [5, 5.41) is 5.81. The van der Waals surface area contributed by atoms with Gasteiger partial charge < -0.3 is 10.6 Å². The molecule has 0 atom stereocenters. The molecule has 0 fully saturated rings. The fraction of sp³-hybridized carbons (Fsp3) is 0.556. The van der Waals surface area contributed by atoms with E-state index < -0.39 is 0 Å². The topological polar surface area (TPSA) is 61.4 Å². The van der Waals surface area contributed by atoms with E-state index in [0.29, 0.717) is 6.54 Å². The quantitative estimate of drug-likeness (QED) is 0.811. The Bertz CT molecular complexity index is 544. The van der Waals surface area contributed by atoms with Gasteiger partial charge in [-0.15, -0.1) is 0 Å². The highest BCUT2D eigenvalue weighted by Gasteiger charge is 2.15. The minimum Gasteiger partial charge on any atom is -0.353 e. The molecule has 0 saturated carbocycles. The Morgan fingerprint density at radius 1 is 1.04 bits per heavy atom. The van der Waals surface area contributed by atoms with Crippen molar-refractivity contribution < 1.29 is 9.59 Å². The van der Waals surface area contributed by atoms with Gasteiger partial charge in [0, 0.05) is 11.7 Å². The average molecular weight is 319 g/mol. The second kappa shape index (κ2) is 8.67. The van der Waals surface area contributed by atoms with Crippen molar-refractivity contribution in [2.24, 2.45) is 0 Å². The van der Waals surface area contributed by atoms with Gasteiger partial charge in [-0.2, -0.15) is 0 Å². The van der Waals surface area contributed by atoms with Crippen molar-refractivity contribution in [3.8, 4) is 0 Å². The number of hydrogen-bond donors (Lipinski definition) is 2. The second-order valence-corrected chi connectivity index (χ2v) is 6.35. The molecule has 1 rings (SSSR count). The van der Waals surface area contributed by atoms with Crippen LogP contribution in [0.2, 0.25) is 0 Å². The molecule has 0 aliphatic rings. The minimum absolute atomic E-state index is 0.0580. The number of amides is 2. The highest BCUT2D eigenvalue weighted by Crippen LogP contribution is 2.21. The lowest BCUT2D eigenvalue weighted by molar-refractivity contribution is -0.123. The first kappa shape index (κ1) is 19.2. The third kappa shape index (κ3) is 6.40. The third-order valence-corrected chi connectivity index (χ3v) is 3.57. The van der Waals surface area contributed by atoms with Crippen LogP contribution in [0.25, 0.3) is 0 Å². The zero-order valence-corrected chi connectivity index (χ0v) is 15.1. The predicted molar refractivity (Wildman–Crippen MR) is 94.7 cm³/mol. The summed E-state index contributed by atoms with van der Waals surface area (Å²) in [7, 11) is 0. The van der Waals surface area contributed by atoms with Gasteiger partial charge in [-0.05, 0) is 52.3 Å². The maximum Gasteiger partial charge on any atom is 0.238 e. The van der Waals surface area contributed by atoms with Crippen LogP contribution in [0.4, 0.5) is 5.69 Å². The summed E-state index contributed by atoms with van der Waals surface area (Å²) in [4.78, 5) is 25.9. The molecule has 0 aliphatic heterocycles. The van der Waals surface area contributed by atoms with E-state index in [1.54, 1.807) is 0 Å². The molecule has 128 valence electrons. The summed E-state index contributed by atoms with van der Waals surface area (Å²) in [6.45, 7) is 12.9. The molecule has 0 bridgehead atoms. The van der Waals surface area contributed by atoms with Gasteiger partial charge in [0.2, 0.25) is 11.8 Å². The summed E-state index contributed by atoms with van der Waals surface area (Å²) in [6.07, 6.45) is 0. The van der Waals surface area contributed by atoms with Crippen molar-refractivity contribution in [1.82, 2.24) is 10.2 Å². The third-order valence-electron chi connectivity index (χ3n) is 3.57. The summed E-state index contributed by atoms with van der Waals surface area (Å²) in [5.74, 6) is -0.156. The van der Waals surface area contributed by atoms with Gasteiger partial charge in [0.1, 0.15) is 0 Å². The normalized spacial score (nSPS) is 11.0. The second-order valence-electron chi connectivity index (χ2n) is 6.35. The number of aryl methyl sites for hydroxylation is 3. The van der Waals surface area contributed by atoms with E-state index in [4.69, 9.17) is 0 Å². The highest BCUT2D eigenvalue weighted by molar-refractivity contribution is 5.94. The van der Waals surface area contributed by atoms with Gasteiger partial charge in [0.15, 0.2) is 0 Å². The van der Waals surface area contributed by atoms with E-state index in [1.807, 2.05) is 46.4 Å². The van der Waals surface area contributed by atoms with Gasteiger partial charge in [-0.25, -0.2) is 0 Å². The largest absolute Gasteiger partial charge is 0.353 e. The first-order valence-corrected chi connectivity index (χ1v) is 8.12. The van der Waals surface area contributed by atoms with Gasteiger partial charge >= 0.3 is 0 Å². The molecule has 2 amide bonds. The number of likely N-dealkylation sites (N-methyl/N-ethyl adjacent to an activating group) is 1. The zero-order valence-electron chi connectivity index (χ0n) is 15.1. The Labute approximate surface area is 139 Å². The van der Waals surface area contributed by atoms with Crippen LogP contribution in [0.5, 0.6) is 0 Å². The maximum absolute atomic E-state index is 12.3. The van der Waals surface area contributed by atoms with Gasteiger partial charge in [0.05, 0.1) is 13.1 Å². The standard InChI is InChI=1S/C18H29N3O2/c1-7-21(10-16(22)19-12(2)3)11-17(23)20-18-14(5)8-13(4)9-15(18)6/h8-9,12H,7,10-11H2,1-6H3,(H,19,22)(H,20,23). The molecule has 0 aromatic heterocycles. The number of rotatable bonds is 7. The Hall–Kier alpha value is -1.88. The van der Waals surface area contributed by atoms with Crippen LogP contribution in [0.1, 0.15) is 37.5 Å². The molecular weight excluding hydrogens is 290 g/mol. The first-order chi connectivity index (χ1) is 10.7. The molecule has 23 heavy (non-hydrogen) atoms. The van der Waals surface area contributed by atoms with Crippen LogP contribution in [0.3, 0.4) is 0 Å². The maximum atomic E-state index is 12.3. The van der Waals surface area contributed by atoms with E-state index in [1.165, 1.54) is 5.56 Å². The number of nitrogens with one attached hydrogen (secondary N) is 2. The Kier molecular flexibility index (Phi) is 7.23. The number of carbonyl (C=O) groups is 2. The molecule has 5 heteroatoms. The molecule has 0 radical (unpaired) electrons. The Balaban J connectivity index is 2.66. The van der Waals surface area contributed by atoms with Crippen molar-refractivity contribution in [2.75, 3.05) is 25.0 Å². The van der Waals surface area contributed by atoms with Crippen molar-refractivity contribution in [1.29, 1.82) is 0 Å². The lowest BCUT2D eigenvalue weighted by atomic mass is 10.1. The molecular formula is C18H29N3O2. The molecule has 2 N–H and O–H groups in total. The van der Waals surface area contributed by atoms with Crippen LogP contribution in [-0.4, -0.2) is 42.4 Å². The predicted octanol–water partition coefficient (Wildman–Crippen LogP) is 2.40. The number of nitrogens with zero attached hydrogens (tertiary/aromatic N) is 1. The van der Waals surface area contributed by atoms with E-state index in [-0.39, 0.29) is 30.9 Å². The number of carbonyl (C=O) groups excluding carboxylic acids is 2. The summed E-state index contributed by atoms with van der Waals surface area (Å²) in [5.41, 5.74) is 4.15. The lowest BCUT2D eigenvalue weighted by Crippen LogP contribution is -2.42. The number of benzene rings is 1. The van der Waals surface area contributed by atoms with Crippen LogP contribution in [0, 0.1) is 20.8 Å². The molecule has 0 unspecified atom stereocenters. The van der Waals surface area contributed by atoms with Crippen LogP contribution < -0.4 is 10.6 Å². The summed E-state index contributed by atoms with van der Waals surface area (Å²) in [6, 6.07) is 4.21. The van der Waals surface area contributed by atoms with Crippen molar-refractivity contribution in [2.45, 2.75) is 47.6 Å². The number of hydrogen-bond acceptors (Lipinski definition) is 3. The Morgan fingerprint density at radius 3 is 2.04 bits per heavy atom. The van der Waals surface area contributed by atoms with E-state index >= 15 is 0 Å². The molecule has 1 aromatic rings.